The van der Waals surface area contributed by atoms with Crippen molar-refractivity contribution in [1.29, 1.82) is 0 Å². The van der Waals surface area contributed by atoms with Crippen LogP contribution in [0.1, 0.15) is 18.1 Å². The van der Waals surface area contributed by atoms with Gasteiger partial charge in [-0.15, -0.1) is 0 Å². The van der Waals surface area contributed by atoms with Crippen molar-refractivity contribution in [1.82, 2.24) is 9.55 Å². The fourth-order valence-corrected chi connectivity index (χ4v) is 2.01. The second kappa shape index (κ2) is 5.82. The van der Waals surface area contributed by atoms with Crippen molar-refractivity contribution in [3.05, 3.63) is 52.5 Å². The van der Waals surface area contributed by atoms with E-state index < -0.39 is 0 Å². The van der Waals surface area contributed by atoms with E-state index in [1.807, 2.05) is 22.9 Å². The molecule has 2 aromatic rings. The molecule has 1 heterocycles. The van der Waals surface area contributed by atoms with E-state index in [-0.39, 0.29) is 0 Å². The Morgan fingerprint density at radius 2 is 2.33 bits per heavy atom. The molecule has 0 atom stereocenters. The molecule has 94 valence electrons. The summed E-state index contributed by atoms with van der Waals surface area (Å²) in [5.74, 6) is 0.606. The summed E-state index contributed by atoms with van der Waals surface area (Å²) >= 11 is 3.56. The van der Waals surface area contributed by atoms with E-state index in [4.69, 9.17) is 5.73 Å². The second-order valence-corrected chi connectivity index (χ2v) is 4.97. The molecule has 0 fully saturated rings. The molecule has 0 amide bonds. The van der Waals surface area contributed by atoms with Crippen LogP contribution in [0.3, 0.4) is 0 Å². The van der Waals surface area contributed by atoms with E-state index in [1.54, 1.807) is 19.4 Å². The van der Waals surface area contributed by atoms with Crippen molar-refractivity contribution in [2.45, 2.75) is 20.0 Å². The number of rotatable bonds is 4. The Morgan fingerprint density at radius 1 is 1.50 bits per heavy atom. The number of halogens is 1. The minimum atomic E-state index is 0.606. The third kappa shape index (κ3) is 3.43. The second-order valence-electron chi connectivity index (χ2n) is 4.12. The molecule has 0 saturated carbocycles. The zero-order valence-electron chi connectivity index (χ0n) is 10.2. The van der Waals surface area contributed by atoms with Gasteiger partial charge in [0.05, 0.1) is 18.7 Å². The number of aromatic nitrogens is 2. The van der Waals surface area contributed by atoms with Gasteiger partial charge in [0.2, 0.25) is 0 Å². The molecule has 0 spiro atoms. The molecule has 4 nitrogen and oxygen atoms in total. The standard InChI is InChI=1S/C13H15BrN4/c1-10(15)17-7-11-2-3-13(14)12(6-11)8-18-5-4-16-9-18/h2-6,9H,7-8H2,1H3,(H2,15,17). The Balaban J connectivity index is 2.19. The van der Waals surface area contributed by atoms with Crippen LogP contribution in [0.5, 0.6) is 0 Å². The lowest BCUT2D eigenvalue weighted by Crippen LogP contribution is -2.05. The van der Waals surface area contributed by atoms with Crippen molar-refractivity contribution in [2.24, 2.45) is 10.7 Å². The molecule has 0 aliphatic heterocycles. The highest BCUT2D eigenvalue weighted by molar-refractivity contribution is 9.10. The van der Waals surface area contributed by atoms with Crippen LogP contribution < -0.4 is 5.73 Å². The number of nitrogens with two attached hydrogens (primary N) is 1. The maximum atomic E-state index is 5.55. The van der Waals surface area contributed by atoms with Gasteiger partial charge in [-0.2, -0.15) is 0 Å². The van der Waals surface area contributed by atoms with Gasteiger partial charge in [-0.05, 0) is 24.1 Å². The van der Waals surface area contributed by atoms with Crippen LogP contribution in [-0.4, -0.2) is 15.4 Å². The first-order valence-corrected chi connectivity index (χ1v) is 6.44. The van der Waals surface area contributed by atoms with Crippen molar-refractivity contribution in [3.8, 4) is 0 Å². The number of amidine groups is 1. The molecule has 1 aromatic heterocycles. The number of imidazole rings is 1. The van der Waals surface area contributed by atoms with Gasteiger partial charge in [-0.3, -0.25) is 4.99 Å². The van der Waals surface area contributed by atoms with Crippen LogP contribution in [0.2, 0.25) is 0 Å². The Labute approximate surface area is 115 Å². The highest BCUT2D eigenvalue weighted by Gasteiger charge is 2.02. The normalized spacial score (nSPS) is 11.8. The highest BCUT2D eigenvalue weighted by Crippen LogP contribution is 2.20. The molecular weight excluding hydrogens is 292 g/mol. The third-order valence-electron chi connectivity index (χ3n) is 2.53. The molecule has 2 N–H and O–H groups in total. The fourth-order valence-electron chi connectivity index (χ4n) is 1.64. The third-order valence-corrected chi connectivity index (χ3v) is 3.31. The van der Waals surface area contributed by atoms with E-state index in [1.165, 1.54) is 5.56 Å². The average Bonchev–Trinajstić information content (AvgIpc) is 2.83. The molecule has 0 bridgehead atoms. The van der Waals surface area contributed by atoms with Gasteiger partial charge in [0.1, 0.15) is 0 Å². The number of benzene rings is 1. The van der Waals surface area contributed by atoms with Crippen LogP contribution >= 0.6 is 15.9 Å². The molecule has 1 aromatic carbocycles. The van der Waals surface area contributed by atoms with Crippen LogP contribution in [0.4, 0.5) is 0 Å². The zero-order chi connectivity index (χ0) is 13.0. The summed E-state index contributed by atoms with van der Waals surface area (Å²) in [5.41, 5.74) is 7.90. The molecule has 0 aliphatic carbocycles. The summed E-state index contributed by atoms with van der Waals surface area (Å²) in [5, 5.41) is 0. The Morgan fingerprint density at radius 3 is 3.00 bits per heavy atom. The molecular formula is C13H15BrN4. The molecule has 0 unspecified atom stereocenters. The lowest BCUT2D eigenvalue weighted by molar-refractivity contribution is 0.792. The first-order valence-electron chi connectivity index (χ1n) is 5.64. The molecule has 0 radical (unpaired) electrons. The van der Waals surface area contributed by atoms with Crippen molar-refractivity contribution in [2.75, 3.05) is 0 Å². The minimum absolute atomic E-state index is 0.606. The van der Waals surface area contributed by atoms with Gasteiger partial charge in [-0.1, -0.05) is 28.1 Å². The van der Waals surface area contributed by atoms with Gasteiger partial charge < -0.3 is 10.3 Å². The number of hydrogen-bond acceptors (Lipinski definition) is 2. The predicted molar refractivity (Wildman–Crippen MR) is 76.5 cm³/mol. The predicted octanol–water partition coefficient (Wildman–Crippen LogP) is 2.57. The van der Waals surface area contributed by atoms with Gasteiger partial charge in [-0.25, -0.2) is 4.98 Å². The summed E-state index contributed by atoms with van der Waals surface area (Å²) in [6.07, 6.45) is 5.53. The first kappa shape index (κ1) is 12.8. The SMILES string of the molecule is CC(N)=NCc1ccc(Br)c(Cn2ccnc2)c1. The highest BCUT2D eigenvalue weighted by atomic mass is 79.9. The molecule has 0 aliphatic rings. The maximum Gasteiger partial charge on any atom is 0.0949 e. The van der Waals surface area contributed by atoms with Crippen molar-refractivity contribution in [3.63, 3.8) is 0 Å². The van der Waals surface area contributed by atoms with Crippen LogP contribution in [-0.2, 0) is 13.1 Å². The van der Waals surface area contributed by atoms with Gasteiger partial charge in [0.25, 0.3) is 0 Å². The zero-order valence-corrected chi connectivity index (χ0v) is 11.8. The Hall–Kier alpha value is -1.62. The fraction of sp³-hybridized carbons (Fsp3) is 0.231. The Bertz CT molecular complexity index is 542. The van der Waals surface area contributed by atoms with Gasteiger partial charge >= 0.3 is 0 Å². The summed E-state index contributed by atoms with van der Waals surface area (Å²) in [6, 6.07) is 6.23. The largest absolute Gasteiger partial charge is 0.388 e. The summed E-state index contributed by atoms with van der Waals surface area (Å²) < 4.78 is 3.12. The van der Waals surface area contributed by atoms with Crippen LogP contribution in [0.15, 0.2) is 46.4 Å². The molecule has 5 heteroatoms. The van der Waals surface area contributed by atoms with Crippen LogP contribution in [0, 0.1) is 0 Å². The van der Waals surface area contributed by atoms with Gasteiger partial charge in [0.15, 0.2) is 0 Å². The van der Waals surface area contributed by atoms with Crippen molar-refractivity contribution < 1.29 is 0 Å². The van der Waals surface area contributed by atoms with E-state index in [0.29, 0.717) is 12.4 Å². The maximum absolute atomic E-state index is 5.55. The summed E-state index contributed by atoms with van der Waals surface area (Å²) in [4.78, 5) is 8.26. The number of nitrogens with zero attached hydrogens (tertiary/aromatic N) is 3. The summed E-state index contributed by atoms with van der Waals surface area (Å²) in [7, 11) is 0. The first-order chi connectivity index (χ1) is 8.65. The van der Waals surface area contributed by atoms with Gasteiger partial charge in [0, 0.05) is 23.4 Å². The van der Waals surface area contributed by atoms with E-state index in [9.17, 15) is 0 Å². The van der Waals surface area contributed by atoms with E-state index in [2.05, 4.69) is 32.0 Å². The quantitative estimate of drug-likeness (QED) is 0.697. The monoisotopic (exact) mass is 306 g/mol. The van der Waals surface area contributed by atoms with E-state index in [0.717, 1.165) is 16.6 Å². The van der Waals surface area contributed by atoms with Crippen molar-refractivity contribution >= 4 is 21.8 Å². The smallest absolute Gasteiger partial charge is 0.0949 e. The average molecular weight is 307 g/mol. The van der Waals surface area contributed by atoms with Crippen LogP contribution in [0.25, 0.3) is 0 Å². The Kier molecular flexibility index (Phi) is 4.15. The lowest BCUT2D eigenvalue weighted by Gasteiger charge is -2.07. The number of hydrogen-bond donors (Lipinski definition) is 1. The molecule has 2 rings (SSSR count). The molecule has 18 heavy (non-hydrogen) atoms. The minimum Gasteiger partial charge on any atom is -0.388 e. The lowest BCUT2D eigenvalue weighted by atomic mass is 10.1. The summed E-state index contributed by atoms with van der Waals surface area (Å²) in [6.45, 7) is 3.21. The number of aliphatic imine (C=N–C) groups is 1. The molecule has 0 saturated heterocycles. The topological polar surface area (TPSA) is 56.2 Å². The van der Waals surface area contributed by atoms with E-state index >= 15 is 0 Å².